The van der Waals surface area contributed by atoms with E-state index in [4.69, 9.17) is 5.11 Å². The molecule has 0 aromatic heterocycles. The zero-order valence-corrected chi connectivity index (χ0v) is 6.88. The van der Waals surface area contributed by atoms with Gasteiger partial charge >= 0.3 is 23.1 Å². The zero-order valence-electron chi connectivity index (χ0n) is 7.46. The van der Waals surface area contributed by atoms with Crippen LogP contribution in [0.5, 0.6) is 5.75 Å². The van der Waals surface area contributed by atoms with E-state index >= 15 is 0 Å². The predicted molar refractivity (Wildman–Crippen MR) is 40.8 cm³/mol. The van der Waals surface area contributed by atoms with Crippen LogP contribution in [0.15, 0.2) is 24.3 Å². The van der Waals surface area contributed by atoms with E-state index < -0.39 is 0 Å². The Morgan fingerprint density at radius 2 is 1.89 bits per heavy atom. The molecule has 46 valence electrons. The molecule has 0 fully saturated rings. The Hall–Kier alpha value is -0.214. The first-order valence-corrected chi connectivity index (χ1v) is 2.55. The number of benzene rings is 1. The first kappa shape index (κ1) is 8.79. The third-order valence-electron chi connectivity index (χ3n) is 1.12. The Labute approximate surface area is 73.8 Å². The van der Waals surface area contributed by atoms with Gasteiger partial charge in [-0.3, -0.25) is 0 Å². The van der Waals surface area contributed by atoms with E-state index in [0.717, 1.165) is 5.56 Å². The second kappa shape index (κ2) is 3.74. The maximum Gasteiger partial charge on any atom is 2.00 e. The van der Waals surface area contributed by atoms with Crippen molar-refractivity contribution in [2.24, 2.45) is 0 Å². The number of phenols is 1. The second-order valence-corrected chi connectivity index (χ2v) is 1.79. The molecule has 1 rings (SSSR count). The summed E-state index contributed by atoms with van der Waals surface area (Å²) in [6.07, 6.45) is 0. The van der Waals surface area contributed by atoms with Crippen LogP contribution in [0, 0.1) is 6.92 Å². The Morgan fingerprint density at radius 1 is 1.33 bits per heavy atom. The van der Waals surface area contributed by atoms with Crippen LogP contribution >= 0.6 is 0 Å². The molecule has 1 aromatic carbocycles. The first-order chi connectivity index (χ1) is 3.80. The fourth-order valence-electron chi connectivity index (χ4n) is 0.563. The Bertz CT molecular complexity index is 173. The summed E-state index contributed by atoms with van der Waals surface area (Å²) in [4.78, 5) is 0. The van der Waals surface area contributed by atoms with Gasteiger partial charge in [0, 0.05) is 0 Å². The molecule has 0 amide bonds. The monoisotopic (exact) mass is 134 g/mol. The van der Waals surface area contributed by atoms with Gasteiger partial charge in [0.05, 0.1) is 0 Å². The van der Waals surface area contributed by atoms with Crippen molar-refractivity contribution in [1.29, 1.82) is 0 Å². The largest absolute Gasteiger partial charge is 2.00 e. The van der Waals surface area contributed by atoms with E-state index in [1.165, 1.54) is 0 Å². The van der Waals surface area contributed by atoms with Gasteiger partial charge in [-0.25, -0.2) is 0 Å². The molecule has 0 atom stereocenters. The van der Waals surface area contributed by atoms with E-state index in [-0.39, 0.29) is 25.9 Å². The van der Waals surface area contributed by atoms with E-state index in [2.05, 4.69) is 0 Å². The molecule has 9 heavy (non-hydrogen) atoms. The van der Waals surface area contributed by atoms with Crippen molar-refractivity contribution < 1.29 is 7.96 Å². The minimum atomic E-state index is 0. The molecule has 0 unspecified atom stereocenters. The van der Waals surface area contributed by atoms with Crippen LogP contribution in [0.4, 0.5) is 0 Å². The molecule has 0 saturated carbocycles. The predicted octanol–water partition coefficient (Wildman–Crippen LogP) is 1.54. The van der Waals surface area contributed by atoms with Gasteiger partial charge in [-0.15, -0.1) is 0 Å². The van der Waals surface area contributed by atoms with E-state index in [9.17, 15) is 0 Å². The molecule has 1 N–H and O–H groups in total. The van der Waals surface area contributed by atoms with Gasteiger partial charge in [0.2, 0.25) is 0 Å². The standard InChI is InChI=1S/C7H8O.Mg.2H/c1-6-4-2-3-5-7(6)8;;;/h2-5,8H,1H3;;;/q;+2;2*-1. The van der Waals surface area contributed by atoms with Gasteiger partial charge < -0.3 is 7.96 Å². The zero-order chi connectivity index (χ0) is 5.98. The van der Waals surface area contributed by atoms with E-state index in [1.54, 1.807) is 6.07 Å². The minimum absolute atomic E-state index is 0. The minimum Gasteiger partial charge on any atom is -1.00 e. The molecule has 0 bridgehead atoms. The molecule has 1 aromatic rings. The third-order valence-corrected chi connectivity index (χ3v) is 1.12. The summed E-state index contributed by atoms with van der Waals surface area (Å²) in [5.74, 6) is 0.368. The molecule has 0 spiro atoms. The summed E-state index contributed by atoms with van der Waals surface area (Å²) in [5, 5.41) is 8.92. The van der Waals surface area contributed by atoms with Gasteiger partial charge in [-0.2, -0.15) is 0 Å². The summed E-state index contributed by atoms with van der Waals surface area (Å²) in [7, 11) is 0. The van der Waals surface area contributed by atoms with Crippen LogP contribution in [0.1, 0.15) is 8.42 Å². The van der Waals surface area contributed by atoms with Gasteiger partial charge in [0.25, 0.3) is 0 Å². The maximum atomic E-state index is 8.92. The van der Waals surface area contributed by atoms with Crippen molar-refractivity contribution in [3.05, 3.63) is 29.8 Å². The normalized spacial score (nSPS) is 8.11. The molecule has 1 nitrogen and oxygen atoms in total. The number of rotatable bonds is 0. The van der Waals surface area contributed by atoms with E-state index in [1.807, 2.05) is 25.1 Å². The van der Waals surface area contributed by atoms with Crippen molar-refractivity contribution in [2.75, 3.05) is 0 Å². The molecule has 0 radical (unpaired) electrons. The van der Waals surface area contributed by atoms with Crippen molar-refractivity contribution in [3.63, 3.8) is 0 Å². The summed E-state index contributed by atoms with van der Waals surface area (Å²) in [6, 6.07) is 7.25. The second-order valence-electron chi connectivity index (χ2n) is 1.79. The van der Waals surface area contributed by atoms with Gasteiger partial charge in [0.15, 0.2) is 0 Å². The maximum absolute atomic E-state index is 8.92. The Balaban J connectivity index is -0.000000213. The number of aryl methyl sites for hydroxylation is 1. The summed E-state index contributed by atoms with van der Waals surface area (Å²) in [6.45, 7) is 1.87. The van der Waals surface area contributed by atoms with Gasteiger partial charge in [0.1, 0.15) is 5.75 Å². The first-order valence-electron chi connectivity index (χ1n) is 2.55. The number of para-hydroxylation sites is 1. The van der Waals surface area contributed by atoms with Crippen LogP contribution in [0.3, 0.4) is 0 Å². The van der Waals surface area contributed by atoms with Crippen molar-refractivity contribution >= 4 is 23.1 Å². The number of hydrogen-bond acceptors (Lipinski definition) is 1. The van der Waals surface area contributed by atoms with Crippen LogP contribution < -0.4 is 0 Å². The molecule has 0 aliphatic carbocycles. The van der Waals surface area contributed by atoms with Crippen LogP contribution in [-0.4, -0.2) is 28.2 Å². The molecule has 0 heterocycles. The van der Waals surface area contributed by atoms with Gasteiger partial charge in [-0.05, 0) is 18.6 Å². The molecular weight excluding hydrogens is 124 g/mol. The van der Waals surface area contributed by atoms with Crippen LogP contribution in [-0.2, 0) is 0 Å². The molecule has 0 aliphatic heterocycles. The molecular formula is C7H10MgO. The summed E-state index contributed by atoms with van der Waals surface area (Å²) < 4.78 is 0. The Morgan fingerprint density at radius 3 is 2.22 bits per heavy atom. The molecule has 0 aliphatic rings. The SMILES string of the molecule is Cc1ccccc1O.[H-].[H-].[Mg+2]. The van der Waals surface area contributed by atoms with E-state index in [0.29, 0.717) is 5.75 Å². The topological polar surface area (TPSA) is 20.2 Å². The quantitative estimate of drug-likeness (QED) is 0.534. The Kier molecular flexibility index (Phi) is 3.66. The third kappa shape index (κ3) is 2.24. The average Bonchev–Trinajstić information content (AvgIpc) is 1.77. The summed E-state index contributed by atoms with van der Waals surface area (Å²) >= 11 is 0. The van der Waals surface area contributed by atoms with Crippen molar-refractivity contribution in [2.45, 2.75) is 6.92 Å². The fraction of sp³-hybridized carbons (Fsp3) is 0.143. The summed E-state index contributed by atoms with van der Waals surface area (Å²) in [5.41, 5.74) is 0.924. The smallest absolute Gasteiger partial charge is 1.00 e. The molecule has 0 saturated heterocycles. The van der Waals surface area contributed by atoms with Crippen molar-refractivity contribution in [1.82, 2.24) is 0 Å². The average molecular weight is 134 g/mol. The molecule has 2 heteroatoms. The fourth-order valence-corrected chi connectivity index (χ4v) is 0.563. The number of aromatic hydroxyl groups is 1. The number of phenolic OH excluding ortho intramolecular Hbond substituents is 1. The van der Waals surface area contributed by atoms with Crippen molar-refractivity contribution in [3.8, 4) is 5.75 Å². The van der Waals surface area contributed by atoms with Crippen LogP contribution in [0.2, 0.25) is 0 Å². The van der Waals surface area contributed by atoms with Gasteiger partial charge in [-0.1, -0.05) is 18.2 Å². The number of hydrogen-bond donors (Lipinski definition) is 1. The van der Waals surface area contributed by atoms with Crippen LogP contribution in [0.25, 0.3) is 0 Å².